The summed E-state index contributed by atoms with van der Waals surface area (Å²) >= 11 is 5.21. The van der Waals surface area contributed by atoms with Gasteiger partial charge in [-0.2, -0.15) is 0 Å². The molecule has 0 spiro atoms. The zero-order valence-corrected chi connectivity index (χ0v) is 13.7. The Balaban J connectivity index is 1.82. The van der Waals surface area contributed by atoms with E-state index in [1.54, 1.807) is 18.2 Å². The fourth-order valence-electron chi connectivity index (χ4n) is 2.48. The van der Waals surface area contributed by atoms with Gasteiger partial charge in [-0.15, -0.1) is 11.8 Å². The molecule has 1 amide bonds. The van der Waals surface area contributed by atoms with Gasteiger partial charge < -0.3 is 11.1 Å². The topological polar surface area (TPSA) is 55.1 Å². The first kappa shape index (κ1) is 14.5. The van der Waals surface area contributed by atoms with E-state index in [-0.39, 0.29) is 11.9 Å². The summed E-state index contributed by atoms with van der Waals surface area (Å²) in [6, 6.07) is 13.6. The Labute approximate surface area is 136 Å². The van der Waals surface area contributed by atoms with Crippen LogP contribution in [0.5, 0.6) is 0 Å². The van der Waals surface area contributed by atoms with Crippen molar-refractivity contribution in [1.82, 2.24) is 5.32 Å². The highest BCUT2D eigenvalue weighted by molar-refractivity contribution is 9.10. The van der Waals surface area contributed by atoms with Crippen LogP contribution in [0.25, 0.3) is 0 Å². The van der Waals surface area contributed by atoms with E-state index in [0.717, 1.165) is 16.6 Å². The largest absolute Gasteiger partial charge is 0.399 e. The van der Waals surface area contributed by atoms with Crippen molar-refractivity contribution in [1.29, 1.82) is 0 Å². The highest BCUT2D eigenvalue weighted by Gasteiger charge is 2.22. The number of hydrogen-bond donors (Lipinski definition) is 2. The van der Waals surface area contributed by atoms with Crippen molar-refractivity contribution < 1.29 is 4.79 Å². The molecular weight excluding hydrogens is 348 g/mol. The lowest BCUT2D eigenvalue weighted by atomic mass is 10.0. The number of amides is 1. The van der Waals surface area contributed by atoms with Crippen LogP contribution in [0, 0.1) is 0 Å². The van der Waals surface area contributed by atoms with E-state index in [1.807, 2.05) is 23.9 Å². The summed E-state index contributed by atoms with van der Waals surface area (Å²) in [5.74, 6) is 0.928. The number of carbonyl (C=O) groups is 1. The van der Waals surface area contributed by atoms with Crippen molar-refractivity contribution in [2.45, 2.75) is 17.4 Å². The number of thioether (sulfide) groups is 1. The zero-order valence-electron chi connectivity index (χ0n) is 11.3. The van der Waals surface area contributed by atoms with Crippen LogP contribution in [0.3, 0.4) is 0 Å². The molecule has 0 radical (unpaired) electrons. The first-order valence-electron chi connectivity index (χ1n) is 6.72. The van der Waals surface area contributed by atoms with Crippen LogP contribution in [-0.2, 0) is 0 Å². The van der Waals surface area contributed by atoms with Gasteiger partial charge in [-0.1, -0.05) is 34.1 Å². The number of hydrogen-bond acceptors (Lipinski definition) is 3. The molecule has 3 N–H and O–H groups in total. The van der Waals surface area contributed by atoms with Gasteiger partial charge in [-0.25, -0.2) is 0 Å². The minimum Gasteiger partial charge on any atom is -0.399 e. The molecule has 3 rings (SSSR count). The zero-order chi connectivity index (χ0) is 14.8. The maximum Gasteiger partial charge on any atom is 0.251 e. The quantitative estimate of drug-likeness (QED) is 0.793. The van der Waals surface area contributed by atoms with Crippen LogP contribution in [0.2, 0.25) is 0 Å². The Bertz CT molecular complexity index is 669. The van der Waals surface area contributed by atoms with Crippen LogP contribution < -0.4 is 11.1 Å². The van der Waals surface area contributed by atoms with E-state index in [4.69, 9.17) is 5.73 Å². The maximum absolute atomic E-state index is 12.4. The van der Waals surface area contributed by atoms with Gasteiger partial charge in [0.05, 0.1) is 6.04 Å². The van der Waals surface area contributed by atoms with Crippen LogP contribution in [0.4, 0.5) is 5.69 Å². The third-order valence-corrected chi connectivity index (χ3v) is 5.03. The molecule has 0 aromatic heterocycles. The van der Waals surface area contributed by atoms with Gasteiger partial charge in [-0.3, -0.25) is 4.79 Å². The number of fused-ring (bicyclic) bond motifs is 1. The number of carbonyl (C=O) groups excluding carboxylic acids is 1. The third kappa shape index (κ3) is 3.24. The highest BCUT2D eigenvalue weighted by atomic mass is 79.9. The third-order valence-electron chi connectivity index (χ3n) is 3.45. The SMILES string of the molecule is Nc1cc(Br)cc(C(=O)NC2CCSc3ccccc32)c1. The van der Waals surface area contributed by atoms with Crippen molar-refractivity contribution in [3.05, 3.63) is 58.1 Å². The Hall–Kier alpha value is -1.46. The minimum absolute atomic E-state index is 0.0650. The summed E-state index contributed by atoms with van der Waals surface area (Å²) in [4.78, 5) is 13.7. The fourth-order valence-corrected chi connectivity index (χ4v) is 4.11. The Morgan fingerprint density at radius 2 is 2.10 bits per heavy atom. The molecule has 0 bridgehead atoms. The summed E-state index contributed by atoms with van der Waals surface area (Å²) < 4.78 is 0.812. The molecule has 1 aliphatic rings. The second-order valence-electron chi connectivity index (χ2n) is 4.97. The van der Waals surface area contributed by atoms with Gasteiger partial charge in [0.1, 0.15) is 0 Å². The van der Waals surface area contributed by atoms with Crippen molar-refractivity contribution >= 4 is 39.3 Å². The molecule has 1 atom stereocenters. The molecule has 2 aromatic carbocycles. The van der Waals surface area contributed by atoms with Crippen LogP contribution >= 0.6 is 27.7 Å². The van der Waals surface area contributed by atoms with Gasteiger partial charge in [-0.05, 0) is 36.2 Å². The minimum atomic E-state index is -0.0882. The molecule has 5 heteroatoms. The maximum atomic E-state index is 12.4. The second-order valence-corrected chi connectivity index (χ2v) is 7.03. The van der Waals surface area contributed by atoms with E-state index >= 15 is 0 Å². The molecule has 1 heterocycles. The second kappa shape index (κ2) is 6.12. The van der Waals surface area contributed by atoms with Crippen molar-refractivity contribution in [3.8, 4) is 0 Å². The molecule has 0 saturated heterocycles. The number of anilines is 1. The number of rotatable bonds is 2. The van der Waals surface area contributed by atoms with Gasteiger partial charge in [0, 0.05) is 26.4 Å². The lowest BCUT2D eigenvalue weighted by Gasteiger charge is -2.26. The lowest BCUT2D eigenvalue weighted by molar-refractivity contribution is 0.0935. The van der Waals surface area contributed by atoms with Crippen molar-refractivity contribution in [2.75, 3.05) is 11.5 Å². The summed E-state index contributed by atoms with van der Waals surface area (Å²) in [5, 5.41) is 3.12. The van der Waals surface area contributed by atoms with E-state index in [2.05, 4.69) is 33.4 Å². The van der Waals surface area contributed by atoms with E-state index in [0.29, 0.717) is 11.3 Å². The van der Waals surface area contributed by atoms with Gasteiger partial charge >= 0.3 is 0 Å². The summed E-state index contributed by atoms with van der Waals surface area (Å²) in [7, 11) is 0. The van der Waals surface area contributed by atoms with Crippen molar-refractivity contribution in [3.63, 3.8) is 0 Å². The molecule has 0 aliphatic carbocycles. The molecule has 1 aliphatic heterocycles. The highest BCUT2D eigenvalue weighted by Crippen LogP contribution is 2.36. The molecule has 21 heavy (non-hydrogen) atoms. The van der Waals surface area contributed by atoms with Crippen LogP contribution in [0.1, 0.15) is 28.4 Å². The molecule has 108 valence electrons. The van der Waals surface area contributed by atoms with Gasteiger partial charge in [0.25, 0.3) is 5.91 Å². The van der Waals surface area contributed by atoms with E-state index < -0.39 is 0 Å². The van der Waals surface area contributed by atoms with E-state index in [1.165, 1.54) is 10.5 Å². The standard InChI is InChI=1S/C16H15BrN2OS/c17-11-7-10(8-12(18)9-11)16(20)19-14-5-6-21-15-4-2-1-3-13(14)15/h1-4,7-9,14H,5-6,18H2,(H,19,20). The number of benzene rings is 2. The van der Waals surface area contributed by atoms with Crippen LogP contribution in [-0.4, -0.2) is 11.7 Å². The Kier molecular flexibility index (Phi) is 4.22. The first-order valence-corrected chi connectivity index (χ1v) is 8.50. The normalized spacial score (nSPS) is 17.1. The number of halogens is 1. The number of nitrogen functional groups attached to an aromatic ring is 1. The van der Waals surface area contributed by atoms with Gasteiger partial charge in [0.15, 0.2) is 0 Å². The predicted octanol–water partition coefficient (Wildman–Crippen LogP) is 4.00. The summed E-state index contributed by atoms with van der Waals surface area (Å²) in [6.07, 6.45) is 0.941. The average Bonchev–Trinajstić information content (AvgIpc) is 2.46. The number of nitrogens with two attached hydrogens (primary N) is 1. The molecule has 0 saturated carbocycles. The van der Waals surface area contributed by atoms with E-state index in [9.17, 15) is 4.79 Å². The van der Waals surface area contributed by atoms with Crippen molar-refractivity contribution in [2.24, 2.45) is 0 Å². The lowest BCUT2D eigenvalue weighted by Crippen LogP contribution is -2.30. The monoisotopic (exact) mass is 362 g/mol. The number of nitrogens with one attached hydrogen (secondary N) is 1. The molecule has 2 aromatic rings. The average molecular weight is 363 g/mol. The van der Waals surface area contributed by atoms with Crippen LogP contribution in [0.15, 0.2) is 51.8 Å². The Morgan fingerprint density at radius 3 is 2.90 bits per heavy atom. The molecular formula is C16H15BrN2OS. The fraction of sp³-hybridized carbons (Fsp3) is 0.188. The smallest absolute Gasteiger partial charge is 0.251 e. The Morgan fingerprint density at radius 1 is 1.29 bits per heavy atom. The summed E-state index contributed by atoms with van der Waals surface area (Å²) in [6.45, 7) is 0. The van der Waals surface area contributed by atoms with Gasteiger partial charge in [0.2, 0.25) is 0 Å². The first-order chi connectivity index (χ1) is 10.1. The summed E-state index contributed by atoms with van der Waals surface area (Å²) in [5.41, 5.74) is 8.15. The predicted molar refractivity (Wildman–Crippen MR) is 90.5 cm³/mol. The molecule has 3 nitrogen and oxygen atoms in total. The molecule has 1 unspecified atom stereocenters. The molecule has 0 fully saturated rings.